The lowest BCUT2D eigenvalue weighted by atomic mass is 10.1. The Bertz CT molecular complexity index is 547. The highest BCUT2D eigenvalue weighted by Crippen LogP contribution is 2.32. The maximum absolute atomic E-state index is 11.4. The summed E-state index contributed by atoms with van der Waals surface area (Å²) in [6, 6.07) is 0. The fraction of sp³-hybridized carbons (Fsp3) is 0.600. The van der Waals surface area contributed by atoms with Gasteiger partial charge in [-0.1, -0.05) is 0 Å². The van der Waals surface area contributed by atoms with Crippen LogP contribution in [0.15, 0.2) is 0 Å². The van der Waals surface area contributed by atoms with Crippen molar-refractivity contribution in [1.29, 1.82) is 0 Å². The smallest absolute Gasteiger partial charge is 0.357 e. The Balaban J connectivity index is 2.27. The van der Waals surface area contributed by atoms with E-state index in [-0.39, 0.29) is 17.4 Å². The highest BCUT2D eigenvalue weighted by atomic mass is 32.2. The average Bonchev–Trinajstić information content (AvgIpc) is 2.80. The number of nitrogens with zero attached hydrogens (tertiary/aromatic N) is 1. The molecule has 17 heavy (non-hydrogen) atoms. The lowest BCUT2D eigenvalue weighted by Gasteiger charge is -2.00. The Morgan fingerprint density at radius 1 is 1.53 bits per heavy atom. The number of hydrogen-bond acceptors (Lipinski definition) is 6. The van der Waals surface area contributed by atoms with Gasteiger partial charge in [0.15, 0.2) is 15.5 Å². The SMILES string of the molecule is COC(=O)c1nc(C2CCS(=O)(=O)C2)sc1C. The predicted octanol–water partition coefficient (Wildman–Crippen LogP) is 1.14. The van der Waals surface area contributed by atoms with Crippen LogP contribution in [0.4, 0.5) is 0 Å². The van der Waals surface area contributed by atoms with Gasteiger partial charge in [0.1, 0.15) is 0 Å². The monoisotopic (exact) mass is 275 g/mol. The fourth-order valence-electron chi connectivity index (χ4n) is 1.87. The van der Waals surface area contributed by atoms with Crippen LogP contribution in [0.25, 0.3) is 0 Å². The van der Waals surface area contributed by atoms with Gasteiger partial charge in [-0.15, -0.1) is 11.3 Å². The molecule has 2 heterocycles. The first kappa shape index (κ1) is 12.5. The number of aryl methyl sites for hydroxylation is 1. The number of esters is 1. The number of methoxy groups -OCH3 is 1. The highest BCUT2D eigenvalue weighted by molar-refractivity contribution is 7.91. The van der Waals surface area contributed by atoms with Gasteiger partial charge in [-0.2, -0.15) is 0 Å². The van der Waals surface area contributed by atoms with E-state index >= 15 is 0 Å². The van der Waals surface area contributed by atoms with Crippen molar-refractivity contribution in [1.82, 2.24) is 4.98 Å². The Morgan fingerprint density at radius 3 is 2.76 bits per heavy atom. The number of thiazole rings is 1. The molecule has 0 bridgehead atoms. The van der Waals surface area contributed by atoms with E-state index in [2.05, 4.69) is 9.72 Å². The van der Waals surface area contributed by atoms with Gasteiger partial charge in [-0.3, -0.25) is 0 Å². The van der Waals surface area contributed by atoms with Crippen molar-refractivity contribution in [2.24, 2.45) is 0 Å². The molecule has 0 spiro atoms. The Hall–Kier alpha value is -0.950. The minimum absolute atomic E-state index is 0.0675. The van der Waals surface area contributed by atoms with E-state index in [0.29, 0.717) is 12.1 Å². The van der Waals surface area contributed by atoms with Crippen LogP contribution in [0.5, 0.6) is 0 Å². The van der Waals surface area contributed by atoms with Gasteiger partial charge in [0.25, 0.3) is 0 Å². The molecule has 1 saturated heterocycles. The van der Waals surface area contributed by atoms with Crippen LogP contribution in [-0.2, 0) is 14.6 Å². The number of aromatic nitrogens is 1. The second-order valence-corrected chi connectivity index (χ2v) is 7.51. The molecule has 2 rings (SSSR count). The minimum atomic E-state index is -2.92. The Morgan fingerprint density at radius 2 is 2.24 bits per heavy atom. The predicted molar refractivity (Wildman–Crippen MR) is 64.2 cm³/mol. The van der Waals surface area contributed by atoms with Gasteiger partial charge >= 0.3 is 5.97 Å². The van der Waals surface area contributed by atoms with Crippen LogP contribution in [0.3, 0.4) is 0 Å². The molecule has 1 fully saturated rings. The molecule has 1 atom stereocenters. The summed E-state index contributed by atoms with van der Waals surface area (Å²) in [6.45, 7) is 1.79. The first-order chi connectivity index (χ1) is 7.93. The van der Waals surface area contributed by atoms with Crippen LogP contribution in [0.2, 0.25) is 0 Å². The molecular formula is C10H13NO4S2. The van der Waals surface area contributed by atoms with Gasteiger partial charge < -0.3 is 4.74 Å². The molecule has 94 valence electrons. The molecule has 0 aromatic carbocycles. The summed E-state index contributed by atoms with van der Waals surface area (Å²) in [5.74, 6) is -0.183. The van der Waals surface area contributed by atoms with E-state index in [1.807, 2.05) is 0 Å². The number of carbonyl (C=O) groups is 1. The molecule has 7 heteroatoms. The van der Waals surface area contributed by atoms with Crippen LogP contribution in [0, 0.1) is 6.92 Å². The van der Waals surface area contributed by atoms with Crippen molar-refractivity contribution in [2.45, 2.75) is 19.3 Å². The molecule has 0 radical (unpaired) electrons. The number of rotatable bonds is 2. The lowest BCUT2D eigenvalue weighted by molar-refractivity contribution is 0.0594. The molecule has 0 N–H and O–H groups in total. The number of hydrogen-bond donors (Lipinski definition) is 0. The van der Waals surface area contributed by atoms with E-state index in [4.69, 9.17) is 0 Å². The van der Waals surface area contributed by atoms with Gasteiger partial charge in [-0.25, -0.2) is 18.2 Å². The Labute approximate surface area is 104 Å². The molecule has 1 unspecified atom stereocenters. The average molecular weight is 275 g/mol. The van der Waals surface area contributed by atoms with E-state index in [1.54, 1.807) is 6.92 Å². The normalized spacial score (nSPS) is 22.6. The van der Waals surface area contributed by atoms with Crippen LogP contribution >= 0.6 is 11.3 Å². The largest absolute Gasteiger partial charge is 0.464 e. The molecule has 1 aliphatic heterocycles. The highest BCUT2D eigenvalue weighted by Gasteiger charge is 2.32. The van der Waals surface area contributed by atoms with E-state index in [0.717, 1.165) is 9.88 Å². The summed E-state index contributed by atoms with van der Waals surface area (Å²) in [6.07, 6.45) is 0.593. The Kier molecular flexibility index (Phi) is 3.22. The molecule has 0 aliphatic carbocycles. The van der Waals surface area contributed by atoms with Crippen molar-refractivity contribution in [2.75, 3.05) is 18.6 Å². The van der Waals surface area contributed by atoms with E-state index < -0.39 is 15.8 Å². The third-order valence-corrected chi connectivity index (χ3v) is 5.67. The third-order valence-electron chi connectivity index (χ3n) is 2.77. The van der Waals surface area contributed by atoms with E-state index in [1.165, 1.54) is 18.4 Å². The number of sulfone groups is 1. The zero-order chi connectivity index (χ0) is 12.6. The summed E-state index contributed by atoms with van der Waals surface area (Å²) in [5.41, 5.74) is 0.303. The topological polar surface area (TPSA) is 73.3 Å². The van der Waals surface area contributed by atoms with Crippen LogP contribution in [0.1, 0.15) is 32.7 Å². The first-order valence-electron chi connectivity index (χ1n) is 5.19. The number of carbonyl (C=O) groups excluding carboxylic acids is 1. The number of ether oxygens (including phenoxy) is 1. The minimum Gasteiger partial charge on any atom is -0.464 e. The maximum atomic E-state index is 11.4. The summed E-state index contributed by atoms with van der Waals surface area (Å²) in [5, 5.41) is 0.726. The molecule has 0 amide bonds. The van der Waals surface area contributed by atoms with Gasteiger partial charge in [0, 0.05) is 10.8 Å². The molecule has 1 aromatic heterocycles. The van der Waals surface area contributed by atoms with Crippen molar-refractivity contribution in [3.63, 3.8) is 0 Å². The molecule has 1 aliphatic rings. The van der Waals surface area contributed by atoms with E-state index in [9.17, 15) is 13.2 Å². The van der Waals surface area contributed by atoms with Crippen LogP contribution < -0.4 is 0 Å². The molecule has 5 nitrogen and oxygen atoms in total. The molecule has 1 aromatic rings. The van der Waals surface area contributed by atoms with Crippen LogP contribution in [-0.4, -0.2) is 38.0 Å². The van der Waals surface area contributed by atoms with Crippen molar-refractivity contribution >= 4 is 27.1 Å². The summed E-state index contributed by atoms with van der Waals surface area (Å²) in [4.78, 5) is 16.4. The van der Waals surface area contributed by atoms with Crippen molar-refractivity contribution in [3.05, 3.63) is 15.6 Å². The summed E-state index contributed by atoms with van der Waals surface area (Å²) in [7, 11) is -1.62. The molecular weight excluding hydrogens is 262 g/mol. The van der Waals surface area contributed by atoms with Gasteiger partial charge in [-0.05, 0) is 13.3 Å². The molecule has 0 saturated carbocycles. The van der Waals surface area contributed by atoms with Crippen molar-refractivity contribution < 1.29 is 17.9 Å². The van der Waals surface area contributed by atoms with Gasteiger partial charge in [0.2, 0.25) is 0 Å². The fourth-order valence-corrected chi connectivity index (χ4v) is 4.76. The third kappa shape index (κ3) is 2.50. The second-order valence-electron chi connectivity index (χ2n) is 4.05. The van der Waals surface area contributed by atoms with Gasteiger partial charge in [0.05, 0.1) is 23.6 Å². The zero-order valence-electron chi connectivity index (χ0n) is 9.60. The summed E-state index contributed by atoms with van der Waals surface area (Å²) >= 11 is 1.38. The van der Waals surface area contributed by atoms with Crippen molar-refractivity contribution in [3.8, 4) is 0 Å². The lowest BCUT2D eigenvalue weighted by Crippen LogP contribution is -2.06. The maximum Gasteiger partial charge on any atom is 0.357 e. The summed E-state index contributed by atoms with van der Waals surface area (Å²) < 4.78 is 27.4. The first-order valence-corrected chi connectivity index (χ1v) is 7.83. The standard InChI is InChI=1S/C10H13NO4S2/c1-6-8(10(12)15-2)11-9(16-6)7-3-4-17(13,14)5-7/h7H,3-5H2,1-2H3. The second kappa shape index (κ2) is 4.38. The zero-order valence-corrected chi connectivity index (χ0v) is 11.2. The quantitative estimate of drug-likeness (QED) is 0.757.